The Balaban J connectivity index is 2.04. The molecule has 1 saturated heterocycles. The van der Waals surface area contributed by atoms with E-state index in [1.54, 1.807) is 16.8 Å². The minimum absolute atomic E-state index is 0.598. The molecule has 0 amide bonds. The van der Waals surface area contributed by atoms with Gasteiger partial charge in [0.05, 0.1) is 5.51 Å². The molecule has 2 rings (SSSR count). The molecule has 3 nitrogen and oxygen atoms in total. The van der Waals surface area contributed by atoms with Crippen molar-refractivity contribution in [3.05, 3.63) is 16.6 Å². The Morgan fingerprint density at radius 1 is 1.38 bits per heavy atom. The molecule has 0 saturated carbocycles. The number of aromatic nitrogens is 1. The number of hydrogen-bond acceptors (Lipinski definition) is 3. The van der Waals surface area contributed by atoms with Gasteiger partial charge < -0.3 is 4.90 Å². The number of nitrogens with zero attached hydrogens (tertiary/aromatic N) is 2. The molecule has 0 aliphatic carbocycles. The quantitative estimate of drug-likeness (QED) is 0.549. The Morgan fingerprint density at radius 2 is 2.15 bits per heavy atom. The van der Waals surface area contributed by atoms with Crippen LogP contribution in [-0.4, -0.2) is 28.8 Å². The van der Waals surface area contributed by atoms with Crippen LogP contribution in [0.4, 0.5) is 0 Å². The highest BCUT2D eigenvalue weighted by molar-refractivity contribution is 7.07. The van der Waals surface area contributed by atoms with Crippen LogP contribution >= 0.6 is 11.3 Å². The van der Waals surface area contributed by atoms with Crippen LogP contribution in [0.15, 0.2) is 10.9 Å². The van der Waals surface area contributed by atoms with E-state index in [-0.39, 0.29) is 0 Å². The summed E-state index contributed by atoms with van der Waals surface area (Å²) in [4.78, 5) is 6.27. The van der Waals surface area contributed by atoms with Crippen LogP contribution in [0.1, 0.15) is 25.0 Å². The van der Waals surface area contributed by atoms with E-state index in [0.717, 1.165) is 18.8 Å². The van der Waals surface area contributed by atoms with Crippen molar-refractivity contribution in [2.45, 2.75) is 19.3 Å². The molecule has 13 heavy (non-hydrogen) atoms. The molecule has 0 unspecified atom stereocenters. The first kappa shape index (κ1) is 8.69. The number of amidine groups is 1. The summed E-state index contributed by atoms with van der Waals surface area (Å²) < 4.78 is 0. The summed E-state index contributed by atoms with van der Waals surface area (Å²) in [7, 11) is 0. The molecule has 0 radical (unpaired) electrons. The van der Waals surface area contributed by atoms with Crippen LogP contribution in [0.25, 0.3) is 0 Å². The van der Waals surface area contributed by atoms with E-state index in [1.165, 1.54) is 19.3 Å². The van der Waals surface area contributed by atoms with Crippen LogP contribution in [0.3, 0.4) is 0 Å². The minimum atomic E-state index is 0.598. The van der Waals surface area contributed by atoms with Gasteiger partial charge in [-0.2, -0.15) is 0 Å². The lowest BCUT2D eigenvalue weighted by Gasteiger charge is -2.27. The molecule has 1 aromatic rings. The third-order valence-corrected chi connectivity index (χ3v) is 2.93. The zero-order chi connectivity index (χ0) is 9.10. The van der Waals surface area contributed by atoms with Gasteiger partial charge in [0, 0.05) is 18.5 Å². The highest BCUT2D eigenvalue weighted by atomic mass is 32.1. The van der Waals surface area contributed by atoms with Crippen molar-refractivity contribution in [3.63, 3.8) is 0 Å². The lowest BCUT2D eigenvalue weighted by atomic mass is 10.1. The molecule has 1 N–H and O–H groups in total. The van der Waals surface area contributed by atoms with E-state index in [1.807, 2.05) is 5.38 Å². The number of nitrogens with one attached hydrogen (secondary N) is 1. The van der Waals surface area contributed by atoms with Gasteiger partial charge in [-0.15, -0.1) is 11.3 Å². The Morgan fingerprint density at radius 3 is 2.77 bits per heavy atom. The summed E-state index contributed by atoms with van der Waals surface area (Å²) in [5, 5.41) is 9.85. The largest absolute Gasteiger partial charge is 0.355 e. The van der Waals surface area contributed by atoms with Crippen molar-refractivity contribution in [2.75, 3.05) is 13.1 Å². The van der Waals surface area contributed by atoms with Gasteiger partial charge in [-0.1, -0.05) is 0 Å². The third-order valence-electron chi connectivity index (χ3n) is 2.35. The van der Waals surface area contributed by atoms with E-state index in [9.17, 15) is 0 Å². The fourth-order valence-electron chi connectivity index (χ4n) is 1.61. The average molecular weight is 195 g/mol. The first-order valence-corrected chi connectivity index (χ1v) is 5.54. The van der Waals surface area contributed by atoms with Gasteiger partial charge in [-0.05, 0) is 19.3 Å². The summed E-state index contributed by atoms with van der Waals surface area (Å²) in [6, 6.07) is 0. The van der Waals surface area contributed by atoms with Gasteiger partial charge in [-0.25, -0.2) is 4.98 Å². The topological polar surface area (TPSA) is 40.0 Å². The molecule has 1 aliphatic heterocycles. The molecule has 1 fully saturated rings. The molecule has 70 valence electrons. The molecule has 0 atom stereocenters. The van der Waals surface area contributed by atoms with Crippen molar-refractivity contribution in [1.82, 2.24) is 9.88 Å². The second kappa shape index (κ2) is 3.87. The highest BCUT2D eigenvalue weighted by Crippen LogP contribution is 2.12. The van der Waals surface area contributed by atoms with Crippen LogP contribution < -0.4 is 0 Å². The summed E-state index contributed by atoms with van der Waals surface area (Å²) >= 11 is 1.55. The monoisotopic (exact) mass is 195 g/mol. The maximum atomic E-state index is 7.91. The highest BCUT2D eigenvalue weighted by Gasteiger charge is 2.15. The van der Waals surface area contributed by atoms with Crippen molar-refractivity contribution >= 4 is 17.2 Å². The number of hydrogen-bond donors (Lipinski definition) is 1. The Labute approximate surface area is 81.9 Å². The smallest absolute Gasteiger partial charge is 0.147 e. The van der Waals surface area contributed by atoms with Crippen LogP contribution in [0.2, 0.25) is 0 Å². The summed E-state index contributed by atoms with van der Waals surface area (Å²) in [5.74, 6) is 0.598. The molecule has 0 aromatic carbocycles. The predicted molar refractivity (Wildman–Crippen MR) is 54.4 cm³/mol. The van der Waals surface area contributed by atoms with Crippen molar-refractivity contribution < 1.29 is 0 Å². The van der Waals surface area contributed by atoms with Gasteiger partial charge >= 0.3 is 0 Å². The van der Waals surface area contributed by atoms with E-state index in [0.29, 0.717) is 5.84 Å². The Kier molecular flexibility index (Phi) is 2.59. The van der Waals surface area contributed by atoms with Crippen LogP contribution in [-0.2, 0) is 0 Å². The van der Waals surface area contributed by atoms with Crippen molar-refractivity contribution in [1.29, 1.82) is 5.41 Å². The first-order valence-electron chi connectivity index (χ1n) is 4.60. The van der Waals surface area contributed by atoms with Gasteiger partial charge in [0.1, 0.15) is 11.5 Å². The zero-order valence-electron chi connectivity index (χ0n) is 7.49. The maximum Gasteiger partial charge on any atom is 0.147 e. The Bertz CT molecular complexity index is 275. The minimum Gasteiger partial charge on any atom is -0.355 e. The maximum absolute atomic E-state index is 7.91. The van der Waals surface area contributed by atoms with E-state index < -0.39 is 0 Å². The first-order chi connectivity index (χ1) is 6.38. The molecular weight excluding hydrogens is 182 g/mol. The van der Waals surface area contributed by atoms with Gasteiger partial charge in [-0.3, -0.25) is 5.41 Å². The standard InChI is InChI=1S/C9H13N3S/c10-9(8-6-13-7-11-8)12-4-2-1-3-5-12/h6-7,10H,1-5H2. The van der Waals surface area contributed by atoms with Crippen molar-refractivity contribution in [2.24, 2.45) is 0 Å². The molecule has 4 heteroatoms. The molecule has 0 bridgehead atoms. The van der Waals surface area contributed by atoms with Crippen molar-refractivity contribution in [3.8, 4) is 0 Å². The molecule has 1 aromatic heterocycles. The SMILES string of the molecule is N=C(c1cscn1)N1CCCCC1. The zero-order valence-corrected chi connectivity index (χ0v) is 8.31. The van der Waals surface area contributed by atoms with Crippen LogP contribution in [0.5, 0.6) is 0 Å². The summed E-state index contributed by atoms with van der Waals surface area (Å²) in [6.07, 6.45) is 3.74. The van der Waals surface area contributed by atoms with Crippen LogP contribution in [0, 0.1) is 5.41 Å². The van der Waals surface area contributed by atoms with E-state index in [2.05, 4.69) is 9.88 Å². The second-order valence-electron chi connectivity index (χ2n) is 3.27. The number of likely N-dealkylation sites (tertiary alicyclic amines) is 1. The van der Waals surface area contributed by atoms with Gasteiger partial charge in [0.15, 0.2) is 0 Å². The number of rotatable bonds is 1. The normalized spacial score (nSPS) is 17.4. The molecular formula is C9H13N3S. The second-order valence-corrected chi connectivity index (χ2v) is 3.99. The van der Waals surface area contributed by atoms with Gasteiger partial charge in [0.25, 0.3) is 0 Å². The fourth-order valence-corrected chi connectivity index (χ4v) is 2.15. The lowest BCUT2D eigenvalue weighted by molar-refractivity contribution is 0.340. The third kappa shape index (κ3) is 1.88. The average Bonchev–Trinajstić information content (AvgIpc) is 2.71. The predicted octanol–water partition coefficient (Wildman–Crippen LogP) is 1.95. The fraction of sp³-hybridized carbons (Fsp3) is 0.556. The van der Waals surface area contributed by atoms with E-state index >= 15 is 0 Å². The number of piperidine rings is 1. The lowest BCUT2D eigenvalue weighted by Crippen LogP contribution is -2.35. The molecule has 0 spiro atoms. The summed E-state index contributed by atoms with van der Waals surface area (Å²) in [5.41, 5.74) is 2.61. The van der Waals surface area contributed by atoms with Gasteiger partial charge in [0.2, 0.25) is 0 Å². The molecule has 1 aliphatic rings. The Hall–Kier alpha value is -0.900. The number of thiazole rings is 1. The summed E-state index contributed by atoms with van der Waals surface area (Å²) in [6.45, 7) is 2.05. The van der Waals surface area contributed by atoms with E-state index in [4.69, 9.17) is 5.41 Å². The molecule has 2 heterocycles.